The minimum absolute atomic E-state index is 0.0477. The van der Waals surface area contributed by atoms with E-state index in [4.69, 9.17) is 26.2 Å². The van der Waals surface area contributed by atoms with Crippen LogP contribution in [0.3, 0.4) is 0 Å². The third-order valence-electron chi connectivity index (χ3n) is 11.1. The molecule has 0 aliphatic carbocycles. The fourth-order valence-electron chi connectivity index (χ4n) is 8.41. The molecule has 3 aromatic heterocycles. The summed E-state index contributed by atoms with van der Waals surface area (Å²) >= 11 is 0. The molecule has 0 saturated heterocycles. The summed E-state index contributed by atoms with van der Waals surface area (Å²) in [6.45, 7) is 0. The van der Waals surface area contributed by atoms with Gasteiger partial charge in [0, 0.05) is 38.4 Å². The van der Waals surface area contributed by atoms with Crippen LogP contribution in [-0.4, -0.2) is 19.5 Å². The van der Waals surface area contributed by atoms with Crippen molar-refractivity contribution in [2.45, 2.75) is 0 Å². The molecule has 3 heterocycles. The van der Waals surface area contributed by atoms with E-state index < -0.39 is 30.2 Å². The molecule has 0 amide bonds. The highest BCUT2D eigenvalue weighted by molar-refractivity contribution is 6.14. The van der Waals surface area contributed by atoms with Gasteiger partial charge in [-0.2, -0.15) is 0 Å². The Bertz CT molecular complexity index is 3800. The summed E-state index contributed by atoms with van der Waals surface area (Å²) in [4.78, 5) is 14.8. The largest absolute Gasteiger partial charge is 0.455 e. The van der Waals surface area contributed by atoms with E-state index in [9.17, 15) is 0 Å². The van der Waals surface area contributed by atoms with Crippen LogP contribution in [0.1, 0.15) is 6.85 Å². The van der Waals surface area contributed by atoms with E-state index in [1.165, 1.54) is 21.5 Å². The summed E-state index contributed by atoms with van der Waals surface area (Å²) in [6, 6.07) is 53.5. The van der Waals surface area contributed by atoms with Gasteiger partial charge in [0.15, 0.2) is 17.5 Å². The first-order chi connectivity index (χ1) is 30.8. The second kappa shape index (κ2) is 12.8. The number of aromatic nitrogens is 4. The van der Waals surface area contributed by atoms with Crippen molar-refractivity contribution in [2.24, 2.45) is 0 Å². The van der Waals surface area contributed by atoms with Crippen LogP contribution in [0.5, 0.6) is 0 Å². The highest BCUT2D eigenvalue weighted by atomic mass is 16.3. The van der Waals surface area contributed by atoms with Gasteiger partial charge in [0.2, 0.25) is 0 Å². The van der Waals surface area contributed by atoms with Crippen LogP contribution in [0.25, 0.3) is 116 Å². The number of hydrogen-bond donors (Lipinski definition) is 0. The van der Waals surface area contributed by atoms with Gasteiger partial charge in [-0.15, -0.1) is 0 Å². The SMILES string of the molecule is [2H]c1c([2H])c([2H])c(-c2nc(-c3ccccc3)nc(-c3cc(-n4c5ccccc5c5ccccc54)cc4c3oc3cc(-c5ccc6ccc7ccccc7c6c5)ccc34)n2)c([2H])c1[2H]. The lowest BCUT2D eigenvalue weighted by Gasteiger charge is -2.12. The first-order valence-corrected chi connectivity index (χ1v) is 19.1. The van der Waals surface area contributed by atoms with E-state index in [1.54, 1.807) is 0 Å². The number of hydrogen-bond acceptors (Lipinski definition) is 4. The minimum atomic E-state index is -0.495. The van der Waals surface area contributed by atoms with Crippen molar-refractivity contribution in [3.8, 4) is 51.0 Å². The number of fused-ring (bicyclic) bond motifs is 9. The topological polar surface area (TPSA) is 56.7 Å². The average Bonchev–Trinajstić information content (AvgIpc) is 3.88. The van der Waals surface area contributed by atoms with E-state index in [-0.39, 0.29) is 23.0 Å². The molecular weight excluding hydrogens is 709 g/mol. The Labute approximate surface area is 340 Å². The zero-order valence-electron chi connectivity index (χ0n) is 35.8. The van der Waals surface area contributed by atoms with E-state index in [0.29, 0.717) is 22.3 Å². The zero-order valence-corrected chi connectivity index (χ0v) is 30.8. The summed E-state index contributed by atoms with van der Waals surface area (Å²) in [5.41, 5.74) is 7.23. The molecule has 12 aromatic rings. The monoisotopic (exact) mass is 745 g/mol. The lowest BCUT2D eigenvalue weighted by molar-refractivity contribution is 0.669. The van der Waals surface area contributed by atoms with Crippen LogP contribution < -0.4 is 0 Å². The Morgan fingerprint density at radius 2 is 1.02 bits per heavy atom. The van der Waals surface area contributed by atoms with E-state index in [2.05, 4.69) is 108 Å². The molecule has 9 aromatic carbocycles. The van der Waals surface area contributed by atoms with Gasteiger partial charge in [0.1, 0.15) is 11.2 Å². The first kappa shape index (κ1) is 27.7. The van der Waals surface area contributed by atoms with Gasteiger partial charge in [-0.05, 0) is 75.1 Å². The van der Waals surface area contributed by atoms with Crippen molar-refractivity contribution in [1.82, 2.24) is 19.5 Å². The van der Waals surface area contributed by atoms with Crippen LogP contribution in [0, 0.1) is 0 Å². The van der Waals surface area contributed by atoms with Crippen molar-refractivity contribution in [3.05, 3.63) is 194 Å². The lowest BCUT2D eigenvalue weighted by atomic mass is 9.96. The Morgan fingerprint density at radius 1 is 0.414 bits per heavy atom. The highest BCUT2D eigenvalue weighted by Crippen LogP contribution is 2.42. The molecule has 0 bridgehead atoms. The second-order valence-electron chi connectivity index (χ2n) is 14.4. The average molecular weight is 746 g/mol. The quantitative estimate of drug-likeness (QED) is 0.165. The number of furan rings is 1. The summed E-state index contributed by atoms with van der Waals surface area (Å²) in [5, 5.41) is 8.66. The molecule has 0 unspecified atom stereocenters. The molecule has 0 fully saturated rings. The first-order valence-electron chi connectivity index (χ1n) is 21.6. The molecular formula is C53H32N4O. The fourth-order valence-corrected chi connectivity index (χ4v) is 8.41. The van der Waals surface area contributed by atoms with Crippen LogP contribution in [0.2, 0.25) is 0 Å². The zero-order chi connectivity index (χ0) is 42.5. The van der Waals surface area contributed by atoms with Gasteiger partial charge in [-0.1, -0.05) is 152 Å². The van der Waals surface area contributed by atoms with Crippen LogP contribution >= 0.6 is 0 Å². The van der Waals surface area contributed by atoms with Crippen LogP contribution in [0.15, 0.2) is 198 Å². The maximum absolute atomic E-state index is 8.89. The fraction of sp³-hybridized carbons (Fsp3) is 0. The molecule has 0 radical (unpaired) electrons. The van der Waals surface area contributed by atoms with E-state index >= 15 is 0 Å². The number of benzene rings is 9. The van der Waals surface area contributed by atoms with E-state index in [0.717, 1.165) is 49.4 Å². The molecule has 0 N–H and O–H groups in total. The molecule has 5 heteroatoms. The molecule has 0 saturated carbocycles. The third kappa shape index (κ3) is 5.14. The highest BCUT2D eigenvalue weighted by Gasteiger charge is 2.22. The predicted octanol–water partition coefficient (Wildman–Crippen LogP) is 13.8. The summed E-state index contributed by atoms with van der Waals surface area (Å²) in [5.74, 6) is 0.451. The molecule has 58 heavy (non-hydrogen) atoms. The lowest BCUT2D eigenvalue weighted by Crippen LogP contribution is -2.01. The van der Waals surface area contributed by atoms with Gasteiger partial charge < -0.3 is 8.98 Å². The van der Waals surface area contributed by atoms with Crippen molar-refractivity contribution < 1.29 is 11.3 Å². The minimum Gasteiger partial charge on any atom is -0.455 e. The number of rotatable bonds is 5. The molecule has 0 aliphatic heterocycles. The van der Waals surface area contributed by atoms with Crippen LogP contribution in [-0.2, 0) is 0 Å². The summed E-state index contributed by atoms with van der Waals surface area (Å²) in [7, 11) is 0. The number of para-hydroxylation sites is 2. The normalized spacial score (nSPS) is 13.0. The molecule has 0 spiro atoms. The molecule has 5 nitrogen and oxygen atoms in total. The van der Waals surface area contributed by atoms with Crippen molar-refractivity contribution in [1.29, 1.82) is 0 Å². The van der Waals surface area contributed by atoms with Gasteiger partial charge in [0.25, 0.3) is 0 Å². The molecule has 0 aliphatic rings. The Morgan fingerprint density at radius 3 is 1.79 bits per heavy atom. The maximum atomic E-state index is 8.89. The van der Waals surface area contributed by atoms with Gasteiger partial charge >= 0.3 is 0 Å². The maximum Gasteiger partial charge on any atom is 0.167 e. The molecule has 12 rings (SSSR count). The smallest absolute Gasteiger partial charge is 0.167 e. The third-order valence-corrected chi connectivity index (χ3v) is 11.1. The van der Waals surface area contributed by atoms with Crippen molar-refractivity contribution in [2.75, 3.05) is 0 Å². The summed E-state index contributed by atoms with van der Waals surface area (Å²) < 4.78 is 52.2. The van der Waals surface area contributed by atoms with Crippen molar-refractivity contribution in [3.63, 3.8) is 0 Å². The van der Waals surface area contributed by atoms with Crippen molar-refractivity contribution >= 4 is 65.3 Å². The Hall–Kier alpha value is -7.89. The molecule has 0 atom stereocenters. The molecule has 270 valence electrons. The standard InChI is InChI=1S/C53H32N4O/c1-3-14-35(15-4-1)51-54-52(36-16-5-2-6-17-36)56-53(55-51)46-32-39(57-47-21-11-9-19-41(47)42-20-10-12-22-48(42)57)31-45-43-28-27-38(30-49(43)58-50(45)46)37-26-25-34-24-23-33-13-7-8-18-40(33)44(34)29-37/h1-32H/i1D,3D,4D,14D,15D. The van der Waals surface area contributed by atoms with Crippen LogP contribution in [0.4, 0.5) is 0 Å². The predicted molar refractivity (Wildman–Crippen MR) is 238 cm³/mol. The summed E-state index contributed by atoms with van der Waals surface area (Å²) in [6.07, 6.45) is 0. The Balaban J connectivity index is 1.15. The van der Waals surface area contributed by atoms with Gasteiger partial charge in [-0.3, -0.25) is 0 Å². The van der Waals surface area contributed by atoms with Gasteiger partial charge in [0.05, 0.1) is 23.5 Å². The second-order valence-corrected chi connectivity index (χ2v) is 14.4. The van der Waals surface area contributed by atoms with Gasteiger partial charge in [-0.25, -0.2) is 15.0 Å². The van der Waals surface area contributed by atoms with E-state index in [1.807, 2.05) is 60.7 Å². The number of nitrogens with zero attached hydrogens (tertiary/aromatic N) is 4. The Kier molecular flexibility index (Phi) is 6.12.